The Morgan fingerprint density at radius 2 is 1.87 bits per heavy atom. The van der Waals surface area contributed by atoms with Gasteiger partial charge in [0.2, 0.25) is 0 Å². The summed E-state index contributed by atoms with van der Waals surface area (Å²) in [6.45, 7) is 2.10. The van der Waals surface area contributed by atoms with E-state index in [-0.39, 0.29) is 11.9 Å². The summed E-state index contributed by atoms with van der Waals surface area (Å²) in [5.41, 5.74) is 9.50. The molecule has 0 radical (unpaired) electrons. The van der Waals surface area contributed by atoms with Crippen molar-refractivity contribution < 1.29 is 19.0 Å². The standard InChI is InChI=1S/C24H24FNO2S.CH4O/c1-16(26)21-7-5-8-22(24(21)25)19-12-17(13-20(14-19)29-2)15-28-23-9-4-3-6-18(23)10-11-27;1-2/h3-9,11-14,16H,10,15,26H2,1-2H3;2H,1H3. The first-order valence-corrected chi connectivity index (χ1v) is 11.1. The Bertz CT molecular complexity index is 1010. The average Bonchev–Trinajstić information content (AvgIpc) is 2.79. The second-order valence-electron chi connectivity index (χ2n) is 6.83. The summed E-state index contributed by atoms with van der Waals surface area (Å²) >= 11 is 1.59. The van der Waals surface area contributed by atoms with Gasteiger partial charge in [0, 0.05) is 41.2 Å². The number of carbonyl (C=O) groups excluding carboxylic acids is 1. The van der Waals surface area contributed by atoms with Gasteiger partial charge in [0.25, 0.3) is 0 Å². The highest BCUT2D eigenvalue weighted by molar-refractivity contribution is 7.98. The van der Waals surface area contributed by atoms with Crippen molar-refractivity contribution in [3.8, 4) is 16.9 Å². The van der Waals surface area contributed by atoms with Crippen LogP contribution < -0.4 is 10.5 Å². The van der Waals surface area contributed by atoms with Crippen molar-refractivity contribution >= 4 is 18.0 Å². The molecule has 0 saturated heterocycles. The largest absolute Gasteiger partial charge is 0.489 e. The number of halogens is 1. The monoisotopic (exact) mass is 441 g/mol. The van der Waals surface area contributed by atoms with Crippen LogP contribution in [0.15, 0.2) is 65.6 Å². The molecule has 3 N–H and O–H groups in total. The molecule has 6 heteroatoms. The number of aldehydes is 1. The molecule has 0 saturated carbocycles. The normalized spacial score (nSPS) is 11.3. The van der Waals surface area contributed by atoms with Gasteiger partial charge in [-0.05, 0) is 48.6 Å². The van der Waals surface area contributed by atoms with Crippen molar-refractivity contribution in [1.29, 1.82) is 0 Å². The van der Waals surface area contributed by atoms with Crippen LogP contribution in [-0.2, 0) is 17.8 Å². The van der Waals surface area contributed by atoms with Crippen LogP contribution in [0.25, 0.3) is 11.1 Å². The van der Waals surface area contributed by atoms with Gasteiger partial charge in [0.05, 0.1) is 0 Å². The molecule has 3 aromatic rings. The van der Waals surface area contributed by atoms with Crippen molar-refractivity contribution in [3.05, 3.63) is 83.2 Å². The Morgan fingerprint density at radius 3 is 2.55 bits per heavy atom. The number of para-hydroxylation sites is 1. The molecule has 0 spiro atoms. The van der Waals surface area contributed by atoms with Gasteiger partial charge in [-0.1, -0.05) is 36.4 Å². The molecule has 0 aromatic heterocycles. The summed E-state index contributed by atoms with van der Waals surface area (Å²) in [4.78, 5) is 11.9. The number of aliphatic hydroxyl groups is 1. The zero-order chi connectivity index (χ0) is 22.8. The van der Waals surface area contributed by atoms with Crippen LogP contribution in [0, 0.1) is 5.82 Å². The number of ether oxygens (including phenoxy) is 1. The van der Waals surface area contributed by atoms with Crippen molar-refractivity contribution in [2.45, 2.75) is 30.9 Å². The lowest BCUT2D eigenvalue weighted by atomic mass is 9.98. The highest BCUT2D eigenvalue weighted by atomic mass is 32.2. The lowest BCUT2D eigenvalue weighted by Crippen LogP contribution is -2.08. The molecule has 0 aliphatic heterocycles. The van der Waals surface area contributed by atoms with Crippen molar-refractivity contribution in [1.82, 2.24) is 0 Å². The Balaban J connectivity index is 0.00000166. The van der Waals surface area contributed by atoms with Gasteiger partial charge >= 0.3 is 0 Å². The minimum Gasteiger partial charge on any atom is -0.489 e. The van der Waals surface area contributed by atoms with Crippen molar-refractivity contribution in [2.24, 2.45) is 5.73 Å². The minimum atomic E-state index is -0.379. The minimum absolute atomic E-state index is 0.288. The fourth-order valence-electron chi connectivity index (χ4n) is 3.21. The first-order chi connectivity index (χ1) is 15.0. The maximum Gasteiger partial charge on any atom is 0.135 e. The Morgan fingerprint density at radius 1 is 1.13 bits per heavy atom. The summed E-state index contributed by atoms with van der Waals surface area (Å²) in [6, 6.07) is 18.4. The molecule has 0 heterocycles. The number of nitrogens with two attached hydrogens (primary N) is 1. The number of carbonyl (C=O) groups is 1. The molecule has 31 heavy (non-hydrogen) atoms. The van der Waals surface area contributed by atoms with E-state index in [2.05, 4.69) is 0 Å². The molecular weight excluding hydrogens is 413 g/mol. The SMILES string of the molecule is CO.CSc1cc(COc2ccccc2CC=O)cc(-c2cccc(C(C)N)c2F)c1. The van der Waals surface area contributed by atoms with E-state index in [0.29, 0.717) is 29.9 Å². The number of aliphatic hydroxyl groups excluding tert-OH is 1. The summed E-state index contributed by atoms with van der Waals surface area (Å²) < 4.78 is 21.0. The molecule has 0 aliphatic rings. The molecule has 3 rings (SSSR count). The van der Waals surface area contributed by atoms with Gasteiger partial charge in [-0.3, -0.25) is 0 Å². The quantitative estimate of drug-likeness (QED) is 0.373. The van der Waals surface area contributed by atoms with Crippen molar-refractivity contribution in [2.75, 3.05) is 13.4 Å². The highest BCUT2D eigenvalue weighted by Gasteiger charge is 2.14. The average molecular weight is 442 g/mol. The first kappa shape index (κ1) is 24.6. The number of hydrogen-bond acceptors (Lipinski definition) is 5. The van der Waals surface area contributed by atoms with Gasteiger partial charge in [-0.2, -0.15) is 0 Å². The predicted octanol–water partition coefficient (Wildman–Crippen LogP) is 5.16. The molecule has 0 fully saturated rings. The van der Waals surface area contributed by atoms with E-state index in [4.69, 9.17) is 15.6 Å². The van der Waals surface area contributed by atoms with Crippen molar-refractivity contribution in [3.63, 3.8) is 0 Å². The molecule has 1 atom stereocenters. The third kappa shape index (κ3) is 6.40. The lowest BCUT2D eigenvalue weighted by Gasteiger charge is -2.14. The Kier molecular flexibility index (Phi) is 9.72. The maximum atomic E-state index is 15.0. The van der Waals surface area contributed by atoms with E-state index in [1.807, 2.05) is 54.8 Å². The van der Waals surface area contributed by atoms with Crippen LogP contribution >= 0.6 is 11.8 Å². The maximum absolute atomic E-state index is 15.0. The van der Waals surface area contributed by atoms with Gasteiger partial charge in [0.15, 0.2) is 0 Å². The fraction of sp³-hybridized carbons (Fsp3) is 0.240. The van der Waals surface area contributed by atoms with Crippen LogP contribution in [0.2, 0.25) is 0 Å². The summed E-state index contributed by atoms with van der Waals surface area (Å²) in [6.07, 6.45) is 3.16. The third-order valence-corrected chi connectivity index (χ3v) is 5.41. The molecular formula is C25H28FNO3S. The topological polar surface area (TPSA) is 72.5 Å². The number of benzene rings is 3. The number of rotatable bonds is 8. The molecule has 0 amide bonds. The van der Waals surface area contributed by atoms with Crippen LogP contribution in [0.1, 0.15) is 29.7 Å². The number of thioether (sulfide) groups is 1. The Labute approximate surface area is 187 Å². The lowest BCUT2D eigenvalue weighted by molar-refractivity contribution is -0.107. The third-order valence-electron chi connectivity index (χ3n) is 4.70. The second kappa shape index (κ2) is 12.2. The van der Waals surface area contributed by atoms with E-state index < -0.39 is 0 Å². The molecule has 4 nitrogen and oxygen atoms in total. The van der Waals surface area contributed by atoms with Gasteiger partial charge in [-0.25, -0.2) is 4.39 Å². The van der Waals surface area contributed by atoms with E-state index in [1.165, 1.54) is 0 Å². The van der Waals surface area contributed by atoms with Crippen LogP contribution in [0.3, 0.4) is 0 Å². The van der Waals surface area contributed by atoms with Gasteiger partial charge < -0.3 is 20.4 Å². The fourth-order valence-corrected chi connectivity index (χ4v) is 3.72. The molecule has 0 aliphatic carbocycles. The summed E-state index contributed by atoms with van der Waals surface area (Å²) in [5, 5.41) is 7.00. The predicted molar refractivity (Wildman–Crippen MR) is 125 cm³/mol. The smallest absolute Gasteiger partial charge is 0.135 e. The first-order valence-electron chi connectivity index (χ1n) is 9.85. The van der Waals surface area contributed by atoms with E-state index in [1.54, 1.807) is 30.8 Å². The van der Waals surface area contributed by atoms with Gasteiger partial charge in [0.1, 0.15) is 24.5 Å². The van der Waals surface area contributed by atoms with E-state index in [0.717, 1.165) is 35.0 Å². The second-order valence-corrected chi connectivity index (χ2v) is 7.71. The zero-order valence-corrected chi connectivity index (χ0v) is 18.8. The zero-order valence-electron chi connectivity index (χ0n) is 18.0. The van der Waals surface area contributed by atoms with Crippen LogP contribution in [0.5, 0.6) is 5.75 Å². The van der Waals surface area contributed by atoms with E-state index in [9.17, 15) is 4.79 Å². The molecule has 1 unspecified atom stereocenters. The van der Waals surface area contributed by atoms with Crippen LogP contribution in [0.4, 0.5) is 4.39 Å². The highest BCUT2D eigenvalue weighted by Crippen LogP contribution is 2.31. The summed E-state index contributed by atoms with van der Waals surface area (Å²) in [7, 11) is 1.00. The molecule has 3 aromatic carbocycles. The molecule has 164 valence electrons. The summed E-state index contributed by atoms with van der Waals surface area (Å²) in [5.74, 6) is 0.393. The van der Waals surface area contributed by atoms with Gasteiger partial charge in [-0.15, -0.1) is 11.8 Å². The Hall–Kier alpha value is -2.67. The van der Waals surface area contributed by atoms with E-state index >= 15 is 4.39 Å². The number of hydrogen-bond donors (Lipinski definition) is 2. The van der Waals surface area contributed by atoms with Crippen LogP contribution in [-0.4, -0.2) is 24.8 Å². The molecule has 0 bridgehead atoms.